The highest BCUT2D eigenvalue weighted by Crippen LogP contribution is 2.44. The molecule has 2 aromatic carbocycles. The molecule has 0 radical (unpaired) electrons. The van der Waals surface area contributed by atoms with Crippen LogP contribution in [0.4, 0.5) is 22.0 Å². The van der Waals surface area contributed by atoms with Gasteiger partial charge >= 0.3 is 6.03 Å². The van der Waals surface area contributed by atoms with E-state index in [1.54, 1.807) is 16.7 Å². The van der Waals surface area contributed by atoms with Crippen molar-refractivity contribution in [2.24, 2.45) is 0 Å². The highest BCUT2D eigenvalue weighted by molar-refractivity contribution is 7.99. The fourth-order valence-electron chi connectivity index (χ4n) is 4.56. The second kappa shape index (κ2) is 9.53. The highest BCUT2D eigenvalue weighted by atomic mass is 32.2. The second-order valence-corrected chi connectivity index (χ2v) is 11.1. The molecular formula is C26H24N6O2S2. The predicted octanol–water partition coefficient (Wildman–Crippen LogP) is 5.35. The quantitative estimate of drug-likeness (QED) is 0.372. The van der Waals surface area contributed by atoms with Gasteiger partial charge in [0.25, 0.3) is 5.91 Å². The molecule has 1 fully saturated rings. The van der Waals surface area contributed by atoms with E-state index < -0.39 is 0 Å². The molecule has 2 N–H and O–H groups in total. The number of rotatable bonds is 5. The van der Waals surface area contributed by atoms with Crippen molar-refractivity contribution in [3.05, 3.63) is 65.8 Å². The Labute approximate surface area is 216 Å². The number of aromatic nitrogens is 2. The molecule has 3 amide bonds. The van der Waals surface area contributed by atoms with Gasteiger partial charge in [0.05, 0.1) is 16.8 Å². The molecule has 0 saturated carbocycles. The Kier molecular flexibility index (Phi) is 6.08. The van der Waals surface area contributed by atoms with Crippen molar-refractivity contribution >= 4 is 62.4 Å². The van der Waals surface area contributed by atoms with Crippen LogP contribution in [0.15, 0.2) is 70.7 Å². The summed E-state index contributed by atoms with van der Waals surface area (Å²) in [4.78, 5) is 42.5. The summed E-state index contributed by atoms with van der Waals surface area (Å²) in [6, 6.07) is 17.7. The van der Waals surface area contributed by atoms with Gasteiger partial charge in [-0.3, -0.25) is 4.79 Å². The number of amides is 3. The van der Waals surface area contributed by atoms with Crippen LogP contribution >= 0.6 is 23.1 Å². The average molecular weight is 517 g/mol. The molecule has 0 unspecified atom stereocenters. The summed E-state index contributed by atoms with van der Waals surface area (Å²) >= 11 is 2.94. The number of carbonyl (C=O) groups excluding carboxylic acids is 2. The van der Waals surface area contributed by atoms with Crippen LogP contribution < -0.4 is 15.5 Å². The summed E-state index contributed by atoms with van der Waals surface area (Å²) in [5.74, 6) is 0.307. The van der Waals surface area contributed by atoms with Crippen LogP contribution in [0, 0.1) is 0 Å². The Morgan fingerprint density at radius 1 is 1.06 bits per heavy atom. The van der Waals surface area contributed by atoms with Crippen LogP contribution in [0.2, 0.25) is 0 Å². The van der Waals surface area contributed by atoms with E-state index in [2.05, 4.69) is 44.7 Å². The smallest absolute Gasteiger partial charge is 0.332 e. The monoisotopic (exact) mass is 516 g/mol. The zero-order chi connectivity index (χ0) is 24.6. The summed E-state index contributed by atoms with van der Waals surface area (Å²) in [7, 11) is 2.09. The number of nitrogens with zero attached hydrogens (tertiary/aromatic N) is 4. The molecule has 2 aliphatic rings. The molecule has 4 aromatic rings. The van der Waals surface area contributed by atoms with E-state index in [1.807, 2.05) is 42.5 Å². The molecule has 0 atom stereocenters. The lowest BCUT2D eigenvalue weighted by Gasteiger charge is -2.29. The SMILES string of the molecule is CN1CCC(NC(=O)c2sc3ncnc4c3c2NC(=O)N4c2ccc(Sc3ccccc3)cc2)CC1. The summed E-state index contributed by atoms with van der Waals surface area (Å²) in [5.41, 5.74) is 1.19. The number of hydrogen-bond acceptors (Lipinski definition) is 7. The summed E-state index contributed by atoms with van der Waals surface area (Å²) in [6.07, 6.45) is 3.26. The number of thiophene rings is 1. The van der Waals surface area contributed by atoms with Crippen molar-refractivity contribution in [2.75, 3.05) is 30.4 Å². The minimum Gasteiger partial charge on any atom is -0.348 e. The molecule has 0 aliphatic carbocycles. The molecule has 10 heteroatoms. The standard InChI is InChI=1S/C26H24N6O2S2/c1-31-13-11-16(12-14-31)29-24(33)22-21-20-23(27-15-28-25(20)36-22)32(26(34)30-21)17-7-9-19(10-8-17)35-18-5-3-2-4-6-18/h2-10,15-16H,11-14H2,1H3,(H,29,33)(H,30,34). The van der Waals surface area contributed by atoms with Gasteiger partial charge in [0, 0.05) is 15.8 Å². The van der Waals surface area contributed by atoms with E-state index >= 15 is 0 Å². The van der Waals surface area contributed by atoms with Crippen LogP contribution in [0.5, 0.6) is 0 Å². The fraction of sp³-hybridized carbons (Fsp3) is 0.231. The second-order valence-electron chi connectivity index (χ2n) is 8.91. The molecule has 36 heavy (non-hydrogen) atoms. The molecule has 1 saturated heterocycles. The number of hydrogen-bond donors (Lipinski definition) is 2. The maximum atomic E-state index is 13.3. The van der Waals surface area contributed by atoms with E-state index in [4.69, 9.17) is 0 Å². The predicted molar refractivity (Wildman–Crippen MR) is 144 cm³/mol. The minimum atomic E-state index is -0.349. The van der Waals surface area contributed by atoms with Crippen molar-refractivity contribution in [3.63, 3.8) is 0 Å². The van der Waals surface area contributed by atoms with Gasteiger partial charge in [-0.25, -0.2) is 19.7 Å². The number of urea groups is 1. The van der Waals surface area contributed by atoms with Crippen molar-refractivity contribution in [1.82, 2.24) is 20.2 Å². The number of likely N-dealkylation sites (tertiary alicyclic amines) is 1. The lowest BCUT2D eigenvalue weighted by Crippen LogP contribution is -2.43. The molecule has 2 aliphatic heterocycles. The normalized spacial score (nSPS) is 16.2. The zero-order valence-electron chi connectivity index (χ0n) is 19.6. The van der Waals surface area contributed by atoms with Gasteiger partial charge in [-0.1, -0.05) is 30.0 Å². The molecule has 4 heterocycles. The van der Waals surface area contributed by atoms with Gasteiger partial charge in [-0.2, -0.15) is 0 Å². The summed E-state index contributed by atoms with van der Waals surface area (Å²) in [6.45, 7) is 1.91. The maximum absolute atomic E-state index is 13.3. The lowest BCUT2D eigenvalue weighted by atomic mass is 10.1. The Morgan fingerprint density at radius 2 is 1.78 bits per heavy atom. The first kappa shape index (κ1) is 23.0. The third-order valence-electron chi connectivity index (χ3n) is 6.45. The Balaban J connectivity index is 1.29. The third kappa shape index (κ3) is 4.32. The van der Waals surface area contributed by atoms with Crippen LogP contribution in [-0.4, -0.2) is 53.0 Å². The van der Waals surface area contributed by atoms with Gasteiger partial charge in [0.1, 0.15) is 16.0 Å². The van der Waals surface area contributed by atoms with Crippen LogP contribution in [-0.2, 0) is 0 Å². The van der Waals surface area contributed by atoms with Crippen LogP contribution in [0.3, 0.4) is 0 Å². The Morgan fingerprint density at radius 3 is 2.53 bits per heavy atom. The summed E-state index contributed by atoms with van der Waals surface area (Å²) in [5, 5.41) is 6.79. The molecule has 182 valence electrons. The molecular weight excluding hydrogens is 492 g/mol. The van der Waals surface area contributed by atoms with Crippen LogP contribution in [0.25, 0.3) is 10.2 Å². The van der Waals surface area contributed by atoms with Gasteiger partial charge in [-0.05, 0) is 69.4 Å². The largest absolute Gasteiger partial charge is 0.348 e. The first-order chi connectivity index (χ1) is 17.6. The highest BCUT2D eigenvalue weighted by Gasteiger charge is 2.34. The van der Waals surface area contributed by atoms with E-state index in [-0.39, 0.29) is 18.0 Å². The van der Waals surface area contributed by atoms with Crippen molar-refractivity contribution in [1.29, 1.82) is 0 Å². The van der Waals surface area contributed by atoms with E-state index in [0.29, 0.717) is 32.3 Å². The maximum Gasteiger partial charge on any atom is 0.332 e. The molecule has 0 spiro atoms. The third-order valence-corrected chi connectivity index (χ3v) is 8.56. The molecule has 0 bridgehead atoms. The zero-order valence-corrected chi connectivity index (χ0v) is 21.2. The molecule has 2 aromatic heterocycles. The number of nitrogens with one attached hydrogen (secondary N) is 2. The number of benzene rings is 2. The van der Waals surface area contributed by atoms with E-state index in [1.165, 1.54) is 17.7 Å². The van der Waals surface area contributed by atoms with Gasteiger partial charge in [-0.15, -0.1) is 11.3 Å². The Hall–Kier alpha value is -3.47. The van der Waals surface area contributed by atoms with E-state index in [9.17, 15) is 9.59 Å². The van der Waals surface area contributed by atoms with Gasteiger partial charge in [0.2, 0.25) is 0 Å². The fourth-order valence-corrected chi connectivity index (χ4v) is 6.39. The van der Waals surface area contributed by atoms with Gasteiger partial charge in [0.15, 0.2) is 5.82 Å². The average Bonchev–Trinajstić information content (AvgIpc) is 3.26. The number of carbonyl (C=O) groups is 2. The molecule has 8 nitrogen and oxygen atoms in total. The van der Waals surface area contributed by atoms with Crippen LogP contribution in [0.1, 0.15) is 22.5 Å². The molecule has 6 rings (SSSR count). The Bertz CT molecular complexity index is 1430. The topological polar surface area (TPSA) is 90.5 Å². The van der Waals surface area contributed by atoms with Crippen molar-refractivity contribution < 1.29 is 9.59 Å². The van der Waals surface area contributed by atoms with E-state index in [0.717, 1.165) is 35.7 Å². The van der Waals surface area contributed by atoms with Crippen molar-refractivity contribution in [3.8, 4) is 0 Å². The minimum absolute atomic E-state index is 0.125. The van der Waals surface area contributed by atoms with Gasteiger partial charge < -0.3 is 15.5 Å². The lowest BCUT2D eigenvalue weighted by molar-refractivity contribution is 0.0922. The first-order valence-corrected chi connectivity index (χ1v) is 13.4. The number of piperidine rings is 1. The number of anilines is 3. The summed E-state index contributed by atoms with van der Waals surface area (Å²) < 4.78 is 0. The van der Waals surface area contributed by atoms with Crippen molar-refractivity contribution in [2.45, 2.75) is 28.7 Å². The first-order valence-electron chi connectivity index (χ1n) is 11.8.